The van der Waals surface area contributed by atoms with E-state index in [9.17, 15) is 45.0 Å². The third-order valence-corrected chi connectivity index (χ3v) is 20.9. The number of aliphatic hydroxyl groups excluding tert-OH is 5. The fraction of sp³-hybridized carbons (Fsp3) is 0.648. The summed E-state index contributed by atoms with van der Waals surface area (Å²) in [5.74, 6) is 11.2. The van der Waals surface area contributed by atoms with Gasteiger partial charge >= 0.3 is 6.09 Å². The van der Waals surface area contributed by atoms with Crippen LogP contribution >= 0.6 is 65.8 Å². The number of ketones is 1. The van der Waals surface area contributed by atoms with Gasteiger partial charge in [0.15, 0.2) is 41.8 Å². The molecule has 29 heteroatoms. The van der Waals surface area contributed by atoms with Crippen LogP contribution in [0, 0.1) is 34.2 Å². The van der Waals surface area contributed by atoms with Crippen molar-refractivity contribution in [1.82, 2.24) is 16.1 Å². The van der Waals surface area contributed by atoms with Gasteiger partial charge in [0.25, 0.3) is 0 Å². The van der Waals surface area contributed by atoms with Crippen molar-refractivity contribution in [2.75, 3.05) is 53.6 Å². The lowest BCUT2D eigenvalue weighted by Gasteiger charge is -2.46. The number of hydroxylamine groups is 1. The lowest BCUT2D eigenvalue weighted by atomic mass is 9.75. The Labute approximate surface area is 511 Å². The Bertz CT molecular complexity index is 2690. The summed E-state index contributed by atoms with van der Waals surface area (Å²) < 4.78 is 66.2. The number of allylic oxidation sites excluding steroid dienone is 3. The number of thioether (sulfide) groups is 1. The molecular formula is C54H72IN3O21S4. The van der Waals surface area contributed by atoms with Gasteiger partial charge in [-0.3, -0.25) is 19.7 Å². The highest BCUT2D eigenvalue weighted by Gasteiger charge is 2.52. The van der Waals surface area contributed by atoms with Gasteiger partial charge in [-0.25, -0.2) is 4.79 Å². The number of nitrogens with one attached hydrogen (secondary N) is 3. The number of ether oxygens (including phenoxy) is 11. The number of likely N-dealkylation sites (N-methyl/N-ethyl adjacent to an activating group) is 1. The number of carbonyl (C=O) groups excluding carboxylic acids is 3. The number of Topliss-reactive ketones (excluding diaryl/α,β-unsaturated/α-hetero) is 1. The number of fused-ring (bicyclic) bond motifs is 2. The van der Waals surface area contributed by atoms with Crippen molar-refractivity contribution in [1.29, 1.82) is 0 Å². The molecule has 4 aliphatic heterocycles. The van der Waals surface area contributed by atoms with E-state index in [-0.39, 0.29) is 59.1 Å². The molecule has 0 radical (unpaired) electrons. The average molecular weight is 1350 g/mol. The van der Waals surface area contributed by atoms with Crippen LogP contribution in [0.15, 0.2) is 35.1 Å². The monoisotopic (exact) mass is 1350 g/mol. The molecule has 2 aliphatic carbocycles. The molecule has 7 rings (SSSR count). The van der Waals surface area contributed by atoms with Crippen LogP contribution in [0.1, 0.15) is 62.9 Å². The van der Waals surface area contributed by atoms with Crippen LogP contribution in [0.4, 0.5) is 4.79 Å². The van der Waals surface area contributed by atoms with Gasteiger partial charge in [0.05, 0.1) is 97.0 Å². The van der Waals surface area contributed by atoms with E-state index < -0.39 is 139 Å². The Hall–Kier alpha value is -2.94. The maximum absolute atomic E-state index is 14.4. The molecule has 2 bridgehead atoms. The van der Waals surface area contributed by atoms with Crippen molar-refractivity contribution < 1.29 is 102 Å². The quantitative estimate of drug-likeness (QED) is 0.0281. The summed E-state index contributed by atoms with van der Waals surface area (Å²) in [6.45, 7) is 9.07. The normalized spacial score (nSPS) is 36.2. The number of rotatable bonds is 21. The number of halogens is 1. The first-order valence-corrected chi connectivity index (χ1v) is 32.5. The fourth-order valence-corrected chi connectivity index (χ4v) is 14.4. The molecule has 24 nitrogen and oxygen atoms in total. The maximum atomic E-state index is 14.4. The van der Waals surface area contributed by atoms with Gasteiger partial charge in [-0.1, -0.05) is 70.0 Å². The molecular weight excluding hydrogens is 1280 g/mol. The molecule has 9 N–H and O–H groups in total. The van der Waals surface area contributed by atoms with Gasteiger partial charge in [-0.05, 0) is 90.6 Å². The molecule has 1 aromatic carbocycles. The molecule has 460 valence electrons. The summed E-state index contributed by atoms with van der Waals surface area (Å²) in [6.07, 6.45) is -13.1. The predicted octanol–water partition coefficient (Wildman–Crippen LogP) is 2.54. The number of hydrogen-bond acceptors (Lipinski definition) is 27. The Morgan fingerprint density at radius 2 is 1.59 bits per heavy atom. The van der Waals surface area contributed by atoms with Crippen LogP contribution in [-0.4, -0.2) is 216 Å². The first-order valence-electron chi connectivity index (χ1n) is 26.5. The number of hydrogen-bond donors (Lipinski definition) is 9. The summed E-state index contributed by atoms with van der Waals surface area (Å²) in [7, 11) is 9.62. The Morgan fingerprint density at radius 1 is 0.880 bits per heavy atom. The second kappa shape index (κ2) is 30.8. The highest BCUT2D eigenvalue weighted by Crippen LogP contribution is 2.49. The maximum Gasteiger partial charge on any atom is 0.411 e. The molecule has 19 atom stereocenters. The molecule has 4 fully saturated rings. The van der Waals surface area contributed by atoms with Gasteiger partial charge in [0, 0.05) is 36.9 Å². The third kappa shape index (κ3) is 15.7. The zero-order chi connectivity index (χ0) is 60.4. The van der Waals surface area contributed by atoms with Crippen molar-refractivity contribution in [3.05, 3.63) is 49.8 Å². The molecule has 4 saturated heterocycles. The minimum absolute atomic E-state index is 0.0198. The van der Waals surface area contributed by atoms with Crippen LogP contribution in [0.25, 0.3) is 0 Å². The van der Waals surface area contributed by atoms with Gasteiger partial charge in [-0.2, -0.15) is 5.48 Å². The standard InChI is InChI=1S/C54H72IN3O21S4/c1-11-56-29-23-72-34(20-30(29)59)77-47-42(63)39(25(3)74-52(47)76-33-16-14-12-13-15-18-54(67)22-32(61)40(57-53(66)71-9)37(33)28(54)17-19-81-83-80-10)58-79-35-21-31(60)49(27(5)73-35)82-50(65)36-24(2)38(55)45(48(70-8)44(36)68-6)78-51-43(64)46(69-7)41(62)26(4)75-51/h12-13,17,25-27,29-31,33-35,39,41-43,46-47,49,51-52,56,58-60,62-64,67H,11,19-23H2,1-10H3,(H,57,66)/b13-12+,28-17+/t25-,26+,27-,29+,30+,31+,33+,34+,35+,39-,41+,42+,43-,46-,47-,49-,51+,52+,54+/m1/s1. The molecule has 0 saturated carbocycles. The van der Waals surface area contributed by atoms with Crippen LogP contribution in [0.3, 0.4) is 0 Å². The first-order chi connectivity index (χ1) is 39.6. The Morgan fingerprint density at radius 3 is 2.25 bits per heavy atom. The second-order valence-electron chi connectivity index (χ2n) is 19.9. The van der Waals surface area contributed by atoms with Crippen LogP contribution < -0.4 is 30.3 Å². The van der Waals surface area contributed by atoms with Crippen LogP contribution in [-0.2, 0) is 47.5 Å². The minimum atomic E-state index is -2.07. The molecule has 6 aliphatic rings. The lowest BCUT2D eigenvalue weighted by molar-refractivity contribution is -0.336. The first kappa shape index (κ1) is 67.6. The molecule has 0 spiro atoms. The minimum Gasteiger partial charge on any atom is -0.492 e. The van der Waals surface area contributed by atoms with E-state index in [0.29, 0.717) is 21.4 Å². The topological polar surface area (TPSA) is 319 Å². The average Bonchev–Trinajstić information content (AvgIpc) is 3.08. The van der Waals surface area contributed by atoms with Crippen LogP contribution in [0.2, 0.25) is 0 Å². The van der Waals surface area contributed by atoms with Crippen molar-refractivity contribution in [3.63, 3.8) is 0 Å². The zero-order valence-electron chi connectivity index (χ0n) is 47.2. The number of aliphatic hydroxyl groups is 6. The summed E-state index contributed by atoms with van der Waals surface area (Å²) in [5, 5.41) is 73.4. The van der Waals surface area contributed by atoms with Crippen molar-refractivity contribution >= 4 is 82.8 Å². The molecule has 83 heavy (non-hydrogen) atoms. The van der Waals surface area contributed by atoms with Crippen molar-refractivity contribution in [2.45, 2.75) is 169 Å². The lowest BCUT2D eigenvalue weighted by Crippen LogP contribution is -2.65. The fourth-order valence-electron chi connectivity index (χ4n) is 10.3. The van der Waals surface area contributed by atoms with Gasteiger partial charge in [0.2, 0.25) is 17.2 Å². The largest absolute Gasteiger partial charge is 0.492 e. The summed E-state index contributed by atoms with van der Waals surface area (Å²) in [5.41, 5.74) is 1.17. The van der Waals surface area contributed by atoms with Gasteiger partial charge in [0.1, 0.15) is 36.6 Å². The zero-order valence-corrected chi connectivity index (χ0v) is 52.6. The number of benzene rings is 1. The molecule has 4 heterocycles. The molecule has 1 amide bonds. The number of carbonyl (C=O) groups is 3. The van der Waals surface area contributed by atoms with E-state index in [1.807, 2.05) is 35.8 Å². The Balaban J connectivity index is 1.11. The summed E-state index contributed by atoms with van der Waals surface area (Å²) in [4.78, 5) is 47.4. The van der Waals surface area contributed by atoms with Gasteiger partial charge in [-0.15, -0.1) is 0 Å². The number of methoxy groups -OCH3 is 4. The number of alkyl carbamates (subject to hydrolysis) is 1. The molecule has 0 unspecified atom stereocenters. The second-order valence-corrected chi connectivity index (χ2v) is 26.5. The predicted molar refractivity (Wildman–Crippen MR) is 315 cm³/mol. The Kier molecular flexibility index (Phi) is 25.1. The highest BCUT2D eigenvalue weighted by molar-refractivity contribution is 14.1. The van der Waals surface area contributed by atoms with E-state index in [1.54, 1.807) is 33.8 Å². The van der Waals surface area contributed by atoms with Gasteiger partial charge < -0.3 is 88.1 Å². The third-order valence-electron chi connectivity index (χ3n) is 14.5. The van der Waals surface area contributed by atoms with Crippen LogP contribution in [0.5, 0.6) is 17.2 Å². The van der Waals surface area contributed by atoms with Crippen molar-refractivity contribution in [2.24, 2.45) is 0 Å². The van der Waals surface area contributed by atoms with E-state index in [0.717, 1.165) is 18.9 Å². The number of amides is 1. The van der Waals surface area contributed by atoms with E-state index >= 15 is 0 Å². The highest BCUT2D eigenvalue weighted by atomic mass is 127. The van der Waals surface area contributed by atoms with E-state index in [1.165, 1.54) is 64.9 Å². The molecule has 0 aromatic heterocycles. The SMILES string of the molecule is CCN[C@H]1CO[C@@H](O[C@H]2[C@H](O[C@H]3C#C/C=C/C#C[C@]4(O)CC(=O)C(NC(=O)OC)=C3/C4=C\CSSSC)O[C@H](C)[C@@H](NO[C@H]3C[C@H](O)[C@H](SC(=O)c4c(C)c(I)c(O[C@@H]5O[C@@H](C)[C@H](O)[C@@H](OC)[C@H]5O)c(OC)c4OC)[C@@H](C)O3)[C@@H]2O)C[C@@H]1O. The van der Waals surface area contributed by atoms with E-state index in [2.05, 4.69) is 39.8 Å². The smallest absolute Gasteiger partial charge is 0.411 e. The molecule has 1 aromatic rings. The van der Waals surface area contributed by atoms with E-state index in [4.69, 9.17) is 56.9 Å². The summed E-state index contributed by atoms with van der Waals surface area (Å²) >= 11 is 2.81. The van der Waals surface area contributed by atoms with Crippen molar-refractivity contribution in [3.8, 4) is 40.9 Å². The summed E-state index contributed by atoms with van der Waals surface area (Å²) in [6, 6.07) is -1.53.